The molecule has 0 saturated heterocycles. The van der Waals surface area contributed by atoms with Gasteiger partial charge in [-0.1, -0.05) is 121 Å². The van der Waals surface area contributed by atoms with Crippen LogP contribution < -0.4 is 0 Å². The van der Waals surface area contributed by atoms with Gasteiger partial charge in [-0.05, 0) is 81.6 Å². The Balaban J connectivity index is 1.11. The van der Waals surface area contributed by atoms with Crippen LogP contribution >= 0.6 is 0 Å². The lowest BCUT2D eigenvalue weighted by Crippen LogP contribution is -2.00. The minimum atomic E-state index is 0.557. The van der Waals surface area contributed by atoms with Crippen molar-refractivity contribution < 1.29 is 8.83 Å². The van der Waals surface area contributed by atoms with E-state index in [1.165, 1.54) is 0 Å². The number of hydrogen-bond acceptors (Lipinski definition) is 5. The Morgan fingerprint density at radius 1 is 0.357 bits per heavy atom. The van der Waals surface area contributed by atoms with E-state index in [1.807, 2.05) is 78.9 Å². The molecule has 0 amide bonds. The second-order valence-electron chi connectivity index (χ2n) is 13.8. The molecule has 0 bridgehead atoms. The zero-order chi connectivity index (χ0) is 37.2. The smallest absolute Gasteiger partial charge is 0.187 e. The van der Waals surface area contributed by atoms with Gasteiger partial charge in [0, 0.05) is 38.2 Å². The molecule has 0 N–H and O–H groups in total. The van der Waals surface area contributed by atoms with E-state index in [4.69, 9.17) is 30.4 Å². The number of nitrogens with zero attached hydrogens (tertiary/aromatic N) is 4. The second kappa shape index (κ2) is 12.6. The zero-order valence-corrected chi connectivity index (χ0v) is 29.8. The molecule has 0 unspecified atom stereocenters. The number of aromatic nitrogens is 3. The maximum absolute atomic E-state index is 7.54. The first-order valence-electron chi connectivity index (χ1n) is 18.4. The SMILES string of the molecule is [C-]#[N+]c1cccc(-c2ccc(-c3cccc(-c4nc(-c5ccc6oc7ccccc7c6c5)nc(-c5cccc6oc7ccccc7c56)n4)c3)c3ccccc23)c1. The molecule has 0 atom stereocenters. The van der Waals surface area contributed by atoms with E-state index in [2.05, 4.69) is 95.8 Å². The van der Waals surface area contributed by atoms with Crippen molar-refractivity contribution in [3.05, 3.63) is 181 Å². The van der Waals surface area contributed by atoms with Gasteiger partial charge in [-0.2, -0.15) is 0 Å². The normalized spacial score (nSPS) is 11.6. The molecule has 260 valence electrons. The van der Waals surface area contributed by atoms with E-state index in [-0.39, 0.29) is 0 Å². The van der Waals surface area contributed by atoms with Crippen molar-refractivity contribution in [2.75, 3.05) is 0 Å². The zero-order valence-electron chi connectivity index (χ0n) is 29.8. The van der Waals surface area contributed by atoms with Crippen molar-refractivity contribution in [2.45, 2.75) is 0 Å². The average Bonchev–Trinajstić information content (AvgIpc) is 3.84. The minimum absolute atomic E-state index is 0.557. The molecule has 11 rings (SSSR count). The monoisotopic (exact) mass is 716 g/mol. The molecule has 3 aromatic heterocycles. The Bertz CT molecular complexity index is 3410. The molecule has 8 aromatic carbocycles. The van der Waals surface area contributed by atoms with Crippen LogP contribution in [0.5, 0.6) is 0 Å². The molecule has 0 aliphatic heterocycles. The molecule has 0 saturated carbocycles. The van der Waals surface area contributed by atoms with Crippen LogP contribution in [0, 0.1) is 6.57 Å². The summed E-state index contributed by atoms with van der Waals surface area (Å²) in [6, 6.07) is 57.2. The predicted octanol–water partition coefficient (Wildman–Crippen LogP) is 13.7. The highest BCUT2D eigenvalue weighted by atomic mass is 16.3. The van der Waals surface area contributed by atoms with Crippen molar-refractivity contribution in [1.29, 1.82) is 0 Å². The summed E-state index contributed by atoms with van der Waals surface area (Å²) >= 11 is 0. The molecule has 6 heteroatoms. The Kier molecular flexibility index (Phi) is 7.13. The van der Waals surface area contributed by atoms with E-state index in [1.54, 1.807) is 0 Å². The van der Waals surface area contributed by atoms with Gasteiger partial charge in [0.05, 0.1) is 6.57 Å². The van der Waals surface area contributed by atoms with Gasteiger partial charge in [-0.15, -0.1) is 0 Å². The number of furan rings is 2. The van der Waals surface area contributed by atoms with E-state index in [0.29, 0.717) is 23.2 Å². The first-order valence-corrected chi connectivity index (χ1v) is 18.4. The first-order chi connectivity index (χ1) is 27.7. The Morgan fingerprint density at radius 2 is 0.893 bits per heavy atom. The number of fused-ring (bicyclic) bond motifs is 7. The third-order valence-electron chi connectivity index (χ3n) is 10.6. The second-order valence-corrected chi connectivity index (χ2v) is 13.8. The van der Waals surface area contributed by atoms with Gasteiger partial charge in [0.2, 0.25) is 0 Å². The molecule has 56 heavy (non-hydrogen) atoms. The van der Waals surface area contributed by atoms with Gasteiger partial charge in [0.25, 0.3) is 0 Å². The standard InChI is InChI=1S/C50H28N4O2/c1-51-34-14-9-12-31(28-34)36-25-24-35(37-15-2-3-16-38(36)37)30-11-8-13-32(27-30)48-52-49(33-23-26-45-42(29-33)39-17-4-6-20-43(39)55-45)54-50(53-48)41-19-10-22-46-47(41)40-18-5-7-21-44(40)56-46/h2-29H. The van der Waals surface area contributed by atoms with E-state index in [0.717, 1.165) is 93.6 Å². The molecule has 0 aliphatic carbocycles. The fraction of sp³-hybridized carbons (Fsp3) is 0. The Hall–Kier alpha value is -7.88. The summed E-state index contributed by atoms with van der Waals surface area (Å²) < 4.78 is 12.4. The maximum Gasteiger partial charge on any atom is 0.187 e. The van der Waals surface area contributed by atoms with Crippen molar-refractivity contribution in [1.82, 2.24) is 15.0 Å². The molecular weight excluding hydrogens is 689 g/mol. The molecule has 0 radical (unpaired) electrons. The highest BCUT2D eigenvalue weighted by molar-refractivity contribution is 6.12. The lowest BCUT2D eigenvalue weighted by Gasteiger charge is -2.14. The highest BCUT2D eigenvalue weighted by Crippen LogP contribution is 2.40. The van der Waals surface area contributed by atoms with Crippen LogP contribution in [0.1, 0.15) is 0 Å². The summed E-state index contributed by atoms with van der Waals surface area (Å²) in [6.07, 6.45) is 0. The van der Waals surface area contributed by atoms with E-state index >= 15 is 0 Å². The summed E-state index contributed by atoms with van der Waals surface area (Å²) in [5, 5.41) is 6.24. The number of para-hydroxylation sites is 2. The third-order valence-corrected chi connectivity index (χ3v) is 10.6. The van der Waals surface area contributed by atoms with Crippen LogP contribution in [-0.4, -0.2) is 15.0 Å². The molecule has 6 nitrogen and oxygen atoms in total. The molecule has 0 fully saturated rings. The van der Waals surface area contributed by atoms with Crippen LogP contribution in [0.2, 0.25) is 0 Å². The lowest BCUT2D eigenvalue weighted by molar-refractivity contribution is 0.668. The van der Waals surface area contributed by atoms with Gasteiger partial charge in [0.15, 0.2) is 23.2 Å². The summed E-state index contributed by atoms with van der Waals surface area (Å²) in [5.41, 5.74) is 10.7. The highest BCUT2D eigenvalue weighted by Gasteiger charge is 2.19. The fourth-order valence-corrected chi connectivity index (χ4v) is 7.95. The molecule has 0 aliphatic rings. The van der Waals surface area contributed by atoms with Gasteiger partial charge in [-0.25, -0.2) is 19.8 Å². The number of hydrogen-bond donors (Lipinski definition) is 0. The number of rotatable bonds is 5. The largest absolute Gasteiger partial charge is 0.456 e. The van der Waals surface area contributed by atoms with Gasteiger partial charge in [-0.3, -0.25) is 0 Å². The van der Waals surface area contributed by atoms with Crippen molar-refractivity contribution in [3.63, 3.8) is 0 Å². The van der Waals surface area contributed by atoms with E-state index < -0.39 is 0 Å². The van der Waals surface area contributed by atoms with Crippen LogP contribution in [-0.2, 0) is 0 Å². The third kappa shape index (κ3) is 5.14. The summed E-state index contributed by atoms with van der Waals surface area (Å²) in [6.45, 7) is 7.54. The first kappa shape index (κ1) is 31.6. The molecule has 3 heterocycles. The Labute approximate surface area is 320 Å². The maximum atomic E-state index is 7.54. The van der Waals surface area contributed by atoms with Crippen LogP contribution in [0.3, 0.4) is 0 Å². The fourth-order valence-electron chi connectivity index (χ4n) is 7.95. The summed E-state index contributed by atoms with van der Waals surface area (Å²) in [4.78, 5) is 19.2. The lowest BCUT2D eigenvalue weighted by atomic mass is 9.91. The topological polar surface area (TPSA) is 69.3 Å². The predicted molar refractivity (Wildman–Crippen MR) is 225 cm³/mol. The van der Waals surface area contributed by atoms with Crippen LogP contribution in [0.4, 0.5) is 5.69 Å². The van der Waals surface area contributed by atoms with Gasteiger partial charge in [0.1, 0.15) is 22.3 Å². The summed E-state index contributed by atoms with van der Waals surface area (Å²) in [5.74, 6) is 1.68. The van der Waals surface area contributed by atoms with Crippen molar-refractivity contribution in [2.24, 2.45) is 0 Å². The summed E-state index contributed by atoms with van der Waals surface area (Å²) in [7, 11) is 0. The van der Waals surface area contributed by atoms with E-state index in [9.17, 15) is 0 Å². The van der Waals surface area contributed by atoms with Gasteiger partial charge < -0.3 is 8.83 Å². The van der Waals surface area contributed by atoms with Gasteiger partial charge >= 0.3 is 0 Å². The molecular formula is C50H28N4O2. The van der Waals surface area contributed by atoms with Crippen LogP contribution in [0.15, 0.2) is 179 Å². The van der Waals surface area contributed by atoms with Crippen LogP contribution in [0.25, 0.3) is 116 Å². The Morgan fingerprint density at radius 3 is 1.64 bits per heavy atom. The van der Waals surface area contributed by atoms with Crippen molar-refractivity contribution >= 4 is 60.3 Å². The average molecular weight is 717 g/mol. The minimum Gasteiger partial charge on any atom is -0.456 e. The number of benzene rings is 8. The van der Waals surface area contributed by atoms with Crippen molar-refractivity contribution in [3.8, 4) is 56.4 Å². The molecule has 0 spiro atoms. The molecule has 11 aromatic rings. The quantitative estimate of drug-likeness (QED) is 0.166.